The monoisotopic (exact) mass is 548 g/mol. The first-order valence-corrected chi connectivity index (χ1v) is 12.9. The second kappa shape index (κ2) is 9.50. The van der Waals surface area contributed by atoms with E-state index in [0.29, 0.717) is 41.4 Å². The van der Waals surface area contributed by atoms with Gasteiger partial charge in [0.2, 0.25) is 5.95 Å². The number of oxazole rings is 1. The zero-order chi connectivity index (χ0) is 28.2. The number of aromatic nitrogens is 4. The van der Waals surface area contributed by atoms with Crippen molar-refractivity contribution in [2.75, 3.05) is 28.6 Å². The van der Waals surface area contributed by atoms with Crippen LogP contribution in [0.2, 0.25) is 0 Å². The maximum Gasteiger partial charge on any atom is 0.417 e. The zero-order valence-electron chi connectivity index (χ0n) is 22.5. The Kier molecular flexibility index (Phi) is 6.08. The number of carbonyl (C=O) groups excluding carboxylic acids is 1. The number of nitrogens with one attached hydrogen (secondary N) is 3. The van der Waals surface area contributed by atoms with Gasteiger partial charge in [0.05, 0.1) is 29.5 Å². The van der Waals surface area contributed by atoms with Crippen molar-refractivity contribution in [1.29, 1.82) is 0 Å². The molecule has 13 heteroatoms. The van der Waals surface area contributed by atoms with Gasteiger partial charge in [0, 0.05) is 36.6 Å². The minimum atomic E-state index is -0.566. The molecule has 2 saturated heterocycles. The van der Waals surface area contributed by atoms with Crippen LogP contribution in [0, 0.1) is 12.7 Å². The third-order valence-corrected chi connectivity index (χ3v) is 6.87. The molecule has 40 heavy (non-hydrogen) atoms. The molecule has 2 atom stereocenters. The van der Waals surface area contributed by atoms with E-state index in [1.54, 1.807) is 29.3 Å². The van der Waals surface area contributed by atoms with Crippen molar-refractivity contribution in [3.8, 4) is 0 Å². The van der Waals surface area contributed by atoms with Crippen molar-refractivity contribution in [2.24, 2.45) is 0 Å². The van der Waals surface area contributed by atoms with Crippen molar-refractivity contribution < 1.29 is 18.3 Å². The topological polar surface area (TPSA) is 142 Å². The number of hydrogen-bond donors (Lipinski definition) is 3. The largest absolute Gasteiger partial charge is 0.444 e. The summed E-state index contributed by atoms with van der Waals surface area (Å²) >= 11 is 0. The molecule has 2 bridgehead atoms. The number of carbonyl (C=O) groups is 1. The zero-order valence-corrected chi connectivity index (χ0v) is 22.5. The van der Waals surface area contributed by atoms with Crippen LogP contribution in [0.15, 0.2) is 45.9 Å². The molecule has 0 radical (unpaired) electrons. The van der Waals surface area contributed by atoms with E-state index >= 15 is 4.39 Å². The van der Waals surface area contributed by atoms with E-state index in [9.17, 15) is 9.59 Å². The lowest BCUT2D eigenvalue weighted by atomic mass is 10.2. The molecular weight excluding hydrogens is 519 g/mol. The summed E-state index contributed by atoms with van der Waals surface area (Å²) in [5.74, 6) is 0.0446. The van der Waals surface area contributed by atoms with Gasteiger partial charge in [-0.15, -0.1) is 0 Å². The molecule has 5 heterocycles. The summed E-state index contributed by atoms with van der Waals surface area (Å²) in [6.45, 7) is 8.34. The molecule has 1 amide bonds. The number of H-pyrrole nitrogens is 1. The molecule has 2 unspecified atom stereocenters. The summed E-state index contributed by atoms with van der Waals surface area (Å²) in [7, 11) is 0. The number of aryl methyl sites for hydroxylation is 1. The van der Waals surface area contributed by atoms with E-state index in [1.807, 2.05) is 32.6 Å². The number of halogens is 1. The average Bonchev–Trinajstić information content (AvgIpc) is 3.58. The van der Waals surface area contributed by atoms with Crippen molar-refractivity contribution in [3.05, 3.63) is 58.6 Å². The normalized spacial score (nSPS) is 18.4. The Hall–Kier alpha value is -4.68. The lowest BCUT2D eigenvalue weighted by Crippen LogP contribution is -2.50. The van der Waals surface area contributed by atoms with Crippen LogP contribution >= 0.6 is 0 Å². The molecule has 208 valence electrons. The minimum absolute atomic E-state index is 0.0218. The van der Waals surface area contributed by atoms with Gasteiger partial charge in [0.15, 0.2) is 17.2 Å². The molecular formula is C27H29FN8O4. The lowest BCUT2D eigenvalue weighted by Gasteiger charge is -2.35. The molecule has 1 aromatic carbocycles. The predicted molar refractivity (Wildman–Crippen MR) is 147 cm³/mol. The number of aromatic amines is 1. The molecule has 2 aliphatic rings. The number of piperazine rings is 1. The summed E-state index contributed by atoms with van der Waals surface area (Å²) in [5, 5.41) is 6.22. The number of nitrogens with zero attached hydrogens (tertiary/aromatic N) is 5. The van der Waals surface area contributed by atoms with Crippen LogP contribution in [0.5, 0.6) is 0 Å². The fourth-order valence-corrected chi connectivity index (χ4v) is 5.11. The highest BCUT2D eigenvalue weighted by molar-refractivity contribution is 5.78. The first kappa shape index (κ1) is 25.6. The fourth-order valence-electron chi connectivity index (χ4n) is 5.11. The first-order valence-electron chi connectivity index (χ1n) is 12.9. The number of fused-ring (bicyclic) bond motifs is 3. The van der Waals surface area contributed by atoms with E-state index in [2.05, 4.69) is 30.6 Å². The summed E-state index contributed by atoms with van der Waals surface area (Å²) in [5.41, 5.74) is 2.33. The van der Waals surface area contributed by atoms with Crippen molar-refractivity contribution in [3.63, 3.8) is 0 Å². The van der Waals surface area contributed by atoms with Gasteiger partial charge in [-0.3, -0.25) is 4.98 Å². The van der Waals surface area contributed by atoms with Crippen molar-refractivity contribution in [1.82, 2.24) is 24.8 Å². The molecule has 0 spiro atoms. The Labute approximate surface area is 228 Å². The van der Waals surface area contributed by atoms with Gasteiger partial charge in [-0.05, 0) is 52.3 Å². The number of amides is 1. The third kappa shape index (κ3) is 5.01. The van der Waals surface area contributed by atoms with Gasteiger partial charge in [-0.25, -0.2) is 23.9 Å². The van der Waals surface area contributed by atoms with Crippen molar-refractivity contribution in [2.45, 2.75) is 51.8 Å². The summed E-state index contributed by atoms with van der Waals surface area (Å²) in [6, 6.07) is 6.49. The van der Waals surface area contributed by atoms with Gasteiger partial charge >= 0.3 is 11.8 Å². The molecule has 4 aromatic rings. The molecule has 3 N–H and O–H groups in total. The second-order valence-corrected chi connectivity index (χ2v) is 11.1. The summed E-state index contributed by atoms with van der Waals surface area (Å²) in [6.07, 6.45) is 3.59. The van der Waals surface area contributed by atoms with Gasteiger partial charge in [0.25, 0.3) is 0 Å². The number of anilines is 5. The quantitative estimate of drug-likeness (QED) is 0.328. The maximum atomic E-state index is 15.2. The lowest BCUT2D eigenvalue weighted by molar-refractivity contribution is 0.0214. The van der Waals surface area contributed by atoms with Gasteiger partial charge in [-0.1, -0.05) is 0 Å². The van der Waals surface area contributed by atoms with Crippen LogP contribution in [-0.2, 0) is 4.74 Å². The van der Waals surface area contributed by atoms with E-state index in [0.717, 1.165) is 12.0 Å². The van der Waals surface area contributed by atoms with Crippen molar-refractivity contribution >= 4 is 46.2 Å². The SMILES string of the molecule is Cc1cnc(Nc2cnc(N3CC4CC3CN4C(=O)OC(C)(C)C)c(F)c2)nc1Nc1ccc2oc(=O)[nH]c2c1. The Morgan fingerprint density at radius 3 is 2.67 bits per heavy atom. The first-order chi connectivity index (χ1) is 19.0. The number of ether oxygens (including phenoxy) is 1. The molecule has 0 saturated carbocycles. The van der Waals surface area contributed by atoms with E-state index < -0.39 is 17.2 Å². The Bertz CT molecular complexity index is 1660. The smallest absolute Gasteiger partial charge is 0.417 e. The van der Waals surface area contributed by atoms with Gasteiger partial charge in [-0.2, -0.15) is 4.98 Å². The molecule has 2 fully saturated rings. The van der Waals surface area contributed by atoms with Crippen LogP contribution in [0.3, 0.4) is 0 Å². The number of benzene rings is 1. The molecule has 0 aliphatic carbocycles. The van der Waals surface area contributed by atoms with Crippen LogP contribution < -0.4 is 21.3 Å². The van der Waals surface area contributed by atoms with E-state index in [4.69, 9.17) is 9.15 Å². The number of rotatable bonds is 5. The second-order valence-electron chi connectivity index (χ2n) is 11.1. The highest BCUT2D eigenvalue weighted by atomic mass is 19.1. The average molecular weight is 549 g/mol. The Morgan fingerprint density at radius 2 is 1.95 bits per heavy atom. The van der Waals surface area contributed by atoms with Crippen LogP contribution in [-0.4, -0.2) is 61.7 Å². The third-order valence-electron chi connectivity index (χ3n) is 6.87. The summed E-state index contributed by atoms with van der Waals surface area (Å²) in [4.78, 5) is 43.5. The van der Waals surface area contributed by atoms with Crippen LogP contribution in [0.1, 0.15) is 32.8 Å². The van der Waals surface area contributed by atoms with Crippen LogP contribution in [0.4, 0.5) is 38.1 Å². The Morgan fingerprint density at radius 1 is 1.12 bits per heavy atom. The van der Waals surface area contributed by atoms with Crippen LogP contribution in [0.25, 0.3) is 11.1 Å². The van der Waals surface area contributed by atoms with E-state index in [-0.39, 0.29) is 29.9 Å². The molecule has 2 aliphatic heterocycles. The Balaban J connectivity index is 1.13. The number of pyridine rings is 1. The standard InChI is InChI=1S/C27H29FN8O4/c1-14-10-30-24(34-22(14)31-15-5-6-21-20(8-15)33-25(37)39-21)32-16-7-19(28)23(29-11-16)35-12-18-9-17(35)13-36(18)26(38)40-27(2,3)4/h5-8,10-11,17-18H,9,12-13H2,1-4H3,(H,33,37)(H2,30,31,32,34). The minimum Gasteiger partial charge on any atom is -0.444 e. The fraction of sp³-hybridized carbons (Fsp3) is 0.370. The molecule has 3 aromatic heterocycles. The molecule has 6 rings (SSSR count). The highest BCUT2D eigenvalue weighted by Gasteiger charge is 2.47. The number of hydrogen-bond acceptors (Lipinski definition) is 10. The van der Waals surface area contributed by atoms with Gasteiger partial charge < -0.3 is 29.6 Å². The van der Waals surface area contributed by atoms with E-state index in [1.165, 1.54) is 12.3 Å². The maximum absolute atomic E-state index is 15.2. The summed E-state index contributed by atoms with van der Waals surface area (Å²) < 4.78 is 25.8. The molecule has 12 nitrogen and oxygen atoms in total. The van der Waals surface area contributed by atoms with Gasteiger partial charge in [0.1, 0.15) is 11.4 Å². The predicted octanol–water partition coefficient (Wildman–Crippen LogP) is 4.44. The highest BCUT2D eigenvalue weighted by Crippen LogP contribution is 2.36. The number of likely N-dealkylation sites (tertiary alicyclic amines) is 1.